The van der Waals surface area contributed by atoms with Gasteiger partial charge in [0.2, 0.25) is 5.91 Å². The number of carbonyl (C=O) groups excluding carboxylic acids is 3. The quantitative estimate of drug-likeness (QED) is 0.188. The zero-order valence-corrected chi connectivity index (χ0v) is 28.6. The van der Waals surface area contributed by atoms with Gasteiger partial charge in [-0.15, -0.1) is 0 Å². The molecule has 0 aliphatic carbocycles. The van der Waals surface area contributed by atoms with Crippen LogP contribution in [-0.2, 0) is 25.3 Å². The van der Waals surface area contributed by atoms with Gasteiger partial charge in [0.25, 0.3) is 5.91 Å². The number of methoxy groups -OCH3 is 1. The predicted octanol–water partition coefficient (Wildman–Crippen LogP) is 2.59. The van der Waals surface area contributed by atoms with Gasteiger partial charge in [-0.05, 0) is 30.5 Å². The maximum atomic E-state index is 14.0. The Morgan fingerprint density at radius 2 is 1.67 bits per heavy atom. The van der Waals surface area contributed by atoms with Gasteiger partial charge >= 0.3 is 13.7 Å². The molecule has 2 aromatic carbocycles. The molecule has 49 heavy (non-hydrogen) atoms. The lowest BCUT2D eigenvalue weighted by Gasteiger charge is -2.36. The third-order valence-corrected chi connectivity index (χ3v) is 9.64. The average Bonchev–Trinajstić information content (AvgIpc) is 3.61. The van der Waals surface area contributed by atoms with Crippen LogP contribution in [0.2, 0.25) is 0 Å². The van der Waals surface area contributed by atoms with Crippen molar-refractivity contribution in [1.29, 1.82) is 0 Å². The van der Waals surface area contributed by atoms with E-state index in [4.69, 9.17) is 14.5 Å². The van der Waals surface area contributed by atoms with E-state index in [0.29, 0.717) is 36.9 Å². The van der Waals surface area contributed by atoms with Crippen LogP contribution in [0, 0.1) is 0 Å². The molecule has 15 heteroatoms. The fourth-order valence-corrected chi connectivity index (χ4v) is 6.31. The molecule has 262 valence electrons. The number of carbonyl (C=O) groups is 3. The summed E-state index contributed by atoms with van der Waals surface area (Å²) in [5.41, 5.74) is 1.40. The van der Waals surface area contributed by atoms with Crippen molar-refractivity contribution in [3.05, 3.63) is 71.9 Å². The molecule has 3 aromatic rings. The van der Waals surface area contributed by atoms with Gasteiger partial charge in [0.1, 0.15) is 17.6 Å². The SMILES string of the molecule is CCCCOC(=O)N1CCN(C(=O)[C@H](Cc2ccc(P(=O)(O)O)cc2)NC(=O)c2cc(N3CC[C@H](OC)C3)nc(-c3ccccc3)n2)CC1. The summed E-state index contributed by atoms with van der Waals surface area (Å²) in [5, 5.41) is 2.74. The van der Waals surface area contributed by atoms with Crippen LogP contribution in [0.25, 0.3) is 11.4 Å². The Labute approximate surface area is 285 Å². The Morgan fingerprint density at radius 1 is 0.980 bits per heavy atom. The first-order valence-electron chi connectivity index (χ1n) is 16.4. The lowest BCUT2D eigenvalue weighted by atomic mass is 10.0. The third kappa shape index (κ3) is 9.42. The molecule has 5 rings (SSSR count). The molecule has 1 aromatic heterocycles. The van der Waals surface area contributed by atoms with Crippen molar-refractivity contribution in [3.8, 4) is 11.4 Å². The molecule has 3 heterocycles. The Morgan fingerprint density at radius 3 is 2.31 bits per heavy atom. The lowest BCUT2D eigenvalue weighted by Crippen LogP contribution is -2.56. The van der Waals surface area contributed by atoms with E-state index < -0.39 is 25.6 Å². The van der Waals surface area contributed by atoms with Gasteiger partial charge in [-0.1, -0.05) is 55.8 Å². The zero-order valence-electron chi connectivity index (χ0n) is 27.7. The predicted molar refractivity (Wildman–Crippen MR) is 183 cm³/mol. The minimum absolute atomic E-state index is 0.0324. The standard InChI is InChI=1S/C34H43N6O8P/c1-3-4-20-48-34(43)39-18-16-38(17-19-39)33(42)29(21-24-10-12-27(13-11-24)49(44,45)46)36-32(41)28-22-30(40-15-14-26(23-40)47-2)37-31(35-28)25-8-6-5-7-9-25/h5-13,22,26,29H,3-4,14-21,23H2,1-2H3,(H,36,41)(H2,44,45,46)/t26-,29-/m0/s1. The Hall–Kier alpha value is -4.36. The third-order valence-electron chi connectivity index (χ3n) is 8.67. The van der Waals surface area contributed by atoms with Crippen molar-refractivity contribution in [3.63, 3.8) is 0 Å². The summed E-state index contributed by atoms with van der Waals surface area (Å²) in [4.78, 5) is 74.1. The van der Waals surface area contributed by atoms with Crippen molar-refractivity contribution in [2.75, 3.05) is 57.9 Å². The van der Waals surface area contributed by atoms with Gasteiger partial charge in [-0.25, -0.2) is 14.8 Å². The smallest absolute Gasteiger partial charge is 0.409 e. The number of aromatic nitrogens is 2. The van der Waals surface area contributed by atoms with E-state index >= 15 is 0 Å². The summed E-state index contributed by atoms with van der Waals surface area (Å²) < 4.78 is 22.6. The number of piperazine rings is 1. The second-order valence-electron chi connectivity index (χ2n) is 12.1. The van der Waals surface area contributed by atoms with Crippen LogP contribution in [0.3, 0.4) is 0 Å². The van der Waals surface area contributed by atoms with Gasteiger partial charge in [0.15, 0.2) is 5.82 Å². The maximum absolute atomic E-state index is 14.0. The van der Waals surface area contributed by atoms with Crippen LogP contribution < -0.4 is 15.5 Å². The van der Waals surface area contributed by atoms with Crippen molar-refractivity contribution >= 4 is 36.6 Å². The van der Waals surface area contributed by atoms with Crippen molar-refractivity contribution in [2.45, 2.75) is 44.8 Å². The number of hydrogen-bond donors (Lipinski definition) is 3. The molecule has 0 saturated carbocycles. The summed E-state index contributed by atoms with van der Waals surface area (Å²) in [5.74, 6) is -0.00327. The fourth-order valence-electron chi connectivity index (χ4n) is 5.78. The highest BCUT2D eigenvalue weighted by Gasteiger charge is 2.32. The minimum Gasteiger partial charge on any atom is -0.449 e. The first-order chi connectivity index (χ1) is 23.5. The first kappa shape index (κ1) is 35.9. The van der Waals surface area contributed by atoms with Crippen LogP contribution in [0.5, 0.6) is 0 Å². The number of hydrogen-bond acceptors (Lipinski definition) is 9. The van der Waals surface area contributed by atoms with Gasteiger partial charge in [-0.2, -0.15) is 0 Å². The first-order valence-corrected chi connectivity index (χ1v) is 18.1. The van der Waals surface area contributed by atoms with Crippen LogP contribution in [-0.4, -0.2) is 113 Å². The summed E-state index contributed by atoms with van der Waals surface area (Å²) in [7, 11) is -2.80. The average molecular weight is 695 g/mol. The number of unbranched alkanes of at least 4 members (excludes halogenated alkanes) is 1. The molecule has 0 bridgehead atoms. The minimum atomic E-state index is -4.46. The molecular weight excluding hydrogens is 651 g/mol. The summed E-state index contributed by atoms with van der Waals surface area (Å²) >= 11 is 0. The summed E-state index contributed by atoms with van der Waals surface area (Å²) in [6.07, 6.45) is 2.15. The number of ether oxygens (including phenoxy) is 2. The van der Waals surface area contributed by atoms with E-state index in [9.17, 15) is 28.7 Å². The molecule has 0 radical (unpaired) electrons. The molecule has 2 fully saturated rings. The normalized spacial score (nSPS) is 17.1. The highest BCUT2D eigenvalue weighted by atomic mass is 31.2. The van der Waals surface area contributed by atoms with E-state index in [1.165, 1.54) is 24.3 Å². The topological polar surface area (TPSA) is 175 Å². The van der Waals surface area contributed by atoms with E-state index in [1.54, 1.807) is 23.0 Å². The zero-order chi connectivity index (χ0) is 35.0. The molecular formula is C34H43N6O8P. The highest BCUT2D eigenvalue weighted by molar-refractivity contribution is 7.60. The lowest BCUT2D eigenvalue weighted by molar-refractivity contribution is -0.134. The molecule has 2 saturated heterocycles. The number of anilines is 1. The maximum Gasteiger partial charge on any atom is 0.409 e. The second-order valence-corrected chi connectivity index (χ2v) is 13.7. The highest BCUT2D eigenvalue weighted by Crippen LogP contribution is 2.33. The van der Waals surface area contributed by atoms with Crippen molar-refractivity contribution in [2.24, 2.45) is 0 Å². The van der Waals surface area contributed by atoms with Gasteiger partial charge in [-0.3, -0.25) is 14.2 Å². The molecule has 3 N–H and O–H groups in total. The van der Waals surface area contributed by atoms with E-state index in [2.05, 4.69) is 10.3 Å². The second kappa shape index (κ2) is 16.4. The number of nitrogens with zero attached hydrogens (tertiary/aromatic N) is 5. The van der Waals surface area contributed by atoms with E-state index in [1.807, 2.05) is 42.2 Å². The number of amides is 3. The van der Waals surface area contributed by atoms with Crippen LogP contribution in [0.15, 0.2) is 60.7 Å². The number of nitrogens with one attached hydrogen (secondary N) is 1. The molecule has 2 aliphatic heterocycles. The van der Waals surface area contributed by atoms with Crippen LogP contribution in [0.4, 0.5) is 10.6 Å². The Kier molecular flexibility index (Phi) is 12.0. The molecule has 3 amide bonds. The van der Waals surface area contributed by atoms with Gasteiger partial charge in [0, 0.05) is 64.4 Å². The van der Waals surface area contributed by atoms with Crippen LogP contribution >= 0.6 is 7.60 Å². The van der Waals surface area contributed by atoms with Crippen molar-refractivity contribution < 1.29 is 38.2 Å². The summed E-state index contributed by atoms with van der Waals surface area (Å²) in [6, 6.07) is 15.6. The van der Waals surface area contributed by atoms with Gasteiger partial charge in [0.05, 0.1) is 18.0 Å². The monoisotopic (exact) mass is 694 g/mol. The fraction of sp³-hybridized carbons (Fsp3) is 0.441. The molecule has 2 aliphatic rings. The largest absolute Gasteiger partial charge is 0.449 e. The number of rotatable bonds is 12. The van der Waals surface area contributed by atoms with E-state index in [-0.39, 0.29) is 55.6 Å². The van der Waals surface area contributed by atoms with Crippen molar-refractivity contribution in [1.82, 2.24) is 25.1 Å². The number of benzene rings is 2. The Balaban J connectivity index is 1.39. The molecule has 0 spiro atoms. The summed E-state index contributed by atoms with van der Waals surface area (Å²) in [6.45, 7) is 4.69. The molecule has 0 unspecified atom stereocenters. The van der Waals surface area contributed by atoms with E-state index in [0.717, 1.165) is 24.8 Å². The molecule has 14 nitrogen and oxygen atoms in total. The Bertz CT molecular complexity index is 1650. The van der Waals surface area contributed by atoms with Gasteiger partial charge < -0.3 is 39.3 Å². The van der Waals surface area contributed by atoms with Crippen LogP contribution in [0.1, 0.15) is 42.2 Å². The molecule has 2 atom stereocenters.